The molecule has 21 heavy (non-hydrogen) atoms. The van der Waals surface area contributed by atoms with E-state index in [4.69, 9.17) is 0 Å². The number of pyridine rings is 1. The summed E-state index contributed by atoms with van der Waals surface area (Å²) in [6.07, 6.45) is 7.48. The second kappa shape index (κ2) is 7.43. The van der Waals surface area contributed by atoms with E-state index in [2.05, 4.69) is 24.1 Å². The van der Waals surface area contributed by atoms with Crippen LogP contribution in [-0.4, -0.2) is 35.4 Å². The lowest BCUT2D eigenvalue weighted by atomic mass is 9.86. The molecule has 0 atom stereocenters. The van der Waals surface area contributed by atoms with Crippen LogP contribution in [0.15, 0.2) is 18.3 Å². The van der Waals surface area contributed by atoms with E-state index in [1.165, 1.54) is 12.8 Å². The van der Waals surface area contributed by atoms with Crippen molar-refractivity contribution in [2.75, 3.05) is 18.9 Å². The first-order valence-electron chi connectivity index (χ1n) is 8.09. The van der Waals surface area contributed by atoms with Gasteiger partial charge in [-0.2, -0.15) is 0 Å². The zero-order chi connectivity index (χ0) is 15.2. The molecule has 1 aromatic rings. The van der Waals surface area contributed by atoms with Gasteiger partial charge in [0.2, 0.25) is 0 Å². The third-order valence-corrected chi connectivity index (χ3v) is 4.42. The number of anilines is 1. The largest absolute Gasteiger partial charge is 0.384 e. The number of carbonyl (C=O) groups excluding carboxylic acids is 1. The predicted molar refractivity (Wildman–Crippen MR) is 86.5 cm³/mol. The van der Waals surface area contributed by atoms with Gasteiger partial charge in [0.15, 0.2) is 0 Å². The molecule has 0 spiro atoms. The van der Waals surface area contributed by atoms with Crippen molar-refractivity contribution in [2.45, 2.75) is 52.0 Å². The summed E-state index contributed by atoms with van der Waals surface area (Å²) in [5.74, 6) is 0.836. The lowest BCUT2D eigenvalue weighted by molar-refractivity contribution is 0.0673. The zero-order valence-electron chi connectivity index (χ0n) is 13.4. The molecule has 1 heterocycles. The molecule has 0 aliphatic heterocycles. The molecular formula is C17H27N3O. The van der Waals surface area contributed by atoms with Crippen molar-refractivity contribution in [1.82, 2.24) is 9.88 Å². The molecule has 0 unspecified atom stereocenters. The SMILES string of the molecule is CCCNc1ccc(C(=O)N(C)C2CCC(C)CC2)nc1. The van der Waals surface area contributed by atoms with E-state index < -0.39 is 0 Å². The van der Waals surface area contributed by atoms with E-state index >= 15 is 0 Å². The fourth-order valence-electron chi connectivity index (χ4n) is 2.87. The fraction of sp³-hybridized carbons (Fsp3) is 0.647. The molecule has 1 aliphatic carbocycles. The van der Waals surface area contributed by atoms with Gasteiger partial charge in [-0.25, -0.2) is 4.98 Å². The Morgan fingerprint density at radius 1 is 1.33 bits per heavy atom. The maximum absolute atomic E-state index is 12.5. The van der Waals surface area contributed by atoms with Crippen molar-refractivity contribution in [3.8, 4) is 0 Å². The van der Waals surface area contributed by atoms with Crippen molar-refractivity contribution in [2.24, 2.45) is 5.92 Å². The molecule has 1 aliphatic rings. The van der Waals surface area contributed by atoms with E-state index in [0.29, 0.717) is 11.7 Å². The van der Waals surface area contributed by atoms with Crippen LogP contribution in [0.3, 0.4) is 0 Å². The van der Waals surface area contributed by atoms with E-state index in [-0.39, 0.29) is 5.91 Å². The molecule has 1 amide bonds. The Hall–Kier alpha value is -1.58. The van der Waals surface area contributed by atoms with Crippen LogP contribution >= 0.6 is 0 Å². The summed E-state index contributed by atoms with van der Waals surface area (Å²) >= 11 is 0. The van der Waals surface area contributed by atoms with Crippen LogP contribution in [0, 0.1) is 5.92 Å². The summed E-state index contributed by atoms with van der Waals surface area (Å²) in [6, 6.07) is 4.13. The molecule has 1 saturated carbocycles. The van der Waals surface area contributed by atoms with Crippen LogP contribution in [0.1, 0.15) is 56.4 Å². The van der Waals surface area contributed by atoms with E-state index in [9.17, 15) is 4.79 Å². The number of rotatable bonds is 5. The van der Waals surface area contributed by atoms with Gasteiger partial charge in [-0.1, -0.05) is 13.8 Å². The maximum atomic E-state index is 12.5. The number of carbonyl (C=O) groups is 1. The van der Waals surface area contributed by atoms with Crippen LogP contribution in [0.2, 0.25) is 0 Å². The number of nitrogens with one attached hydrogen (secondary N) is 1. The Kier molecular flexibility index (Phi) is 5.59. The Labute approximate surface area is 127 Å². The molecule has 116 valence electrons. The zero-order valence-corrected chi connectivity index (χ0v) is 13.4. The Morgan fingerprint density at radius 2 is 2.05 bits per heavy atom. The first-order valence-corrected chi connectivity index (χ1v) is 8.09. The van der Waals surface area contributed by atoms with E-state index in [0.717, 1.165) is 37.4 Å². The van der Waals surface area contributed by atoms with Gasteiger partial charge in [-0.15, -0.1) is 0 Å². The molecule has 0 bridgehead atoms. The van der Waals surface area contributed by atoms with Gasteiger partial charge in [-0.3, -0.25) is 4.79 Å². The first kappa shape index (κ1) is 15.8. The van der Waals surface area contributed by atoms with Crippen molar-refractivity contribution < 1.29 is 4.79 Å². The maximum Gasteiger partial charge on any atom is 0.272 e. The molecule has 0 saturated heterocycles. The van der Waals surface area contributed by atoms with Crippen LogP contribution in [-0.2, 0) is 0 Å². The topological polar surface area (TPSA) is 45.2 Å². The molecule has 1 N–H and O–H groups in total. The monoisotopic (exact) mass is 289 g/mol. The minimum absolute atomic E-state index is 0.0385. The Bertz CT molecular complexity index is 450. The van der Waals surface area contributed by atoms with Crippen molar-refractivity contribution in [1.29, 1.82) is 0 Å². The third kappa shape index (κ3) is 4.19. The molecule has 0 radical (unpaired) electrons. The number of amides is 1. The average molecular weight is 289 g/mol. The summed E-state index contributed by atoms with van der Waals surface area (Å²) in [5, 5.41) is 3.27. The first-order chi connectivity index (χ1) is 10.1. The lowest BCUT2D eigenvalue weighted by Gasteiger charge is -2.33. The Balaban J connectivity index is 1.95. The fourth-order valence-corrected chi connectivity index (χ4v) is 2.87. The second-order valence-electron chi connectivity index (χ2n) is 6.19. The van der Waals surface area contributed by atoms with E-state index in [1.807, 2.05) is 24.1 Å². The average Bonchev–Trinajstić information content (AvgIpc) is 2.53. The summed E-state index contributed by atoms with van der Waals surface area (Å²) in [7, 11) is 1.91. The normalized spacial score (nSPS) is 21.9. The van der Waals surface area contributed by atoms with Crippen molar-refractivity contribution in [3.63, 3.8) is 0 Å². The summed E-state index contributed by atoms with van der Waals surface area (Å²) in [5.41, 5.74) is 1.51. The van der Waals surface area contributed by atoms with Gasteiger partial charge in [-0.05, 0) is 50.2 Å². The van der Waals surface area contributed by atoms with Gasteiger partial charge < -0.3 is 10.2 Å². The van der Waals surface area contributed by atoms with Crippen LogP contribution in [0.5, 0.6) is 0 Å². The summed E-state index contributed by atoms with van der Waals surface area (Å²) in [6.45, 7) is 5.34. The molecule has 1 fully saturated rings. The lowest BCUT2D eigenvalue weighted by Crippen LogP contribution is -2.39. The molecular weight excluding hydrogens is 262 g/mol. The highest BCUT2D eigenvalue weighted by molar-refractivity contribution is 5.92. The molecule has 1 aromatic heterocycles. The highest BCUT2D eigenvalue weighted by atomic mass is 16.2. The predicted octanol–water partition coefficient (Wildman–Crippen LogP) is 3.55. The summed E-state index contributed by atoms with van der Waals surface area (Å²) in [4.78, 5) is 18.7. The van der Waals surface area contributed by atoms with Gasteiger partial charge in [0.25, 0.3) is 5.91 Å². The van der Waals surface area contributed by atoms with Crippen molar-refractivity contribution >= 4 is 11.6 Å². The quantitative estimate of drug-likeness (QED) is 0.901. The van der Waals surface area contributed by atoms with Gasteiger partial charge in [0.1, 0.15) is 5.69 Å². The molecule has 4 heteroatoms. The van der Waals surface area contributed by atoms with Gasteiger partial charge in [0, 0.05) is 19.6 Å². The van der Waals surface area contributed by atoms with Gasteiger partial charge in [0.05, 0.1) is 11.9 Å². The van der Waals surface area contributed by atoms with Crippen LogP contribution in [0.25, 0.3) is 0 Å². The van der Waals surface area contributed by atoms with Crippen LogP contribution in [0.4, 0.5) is 5.69 Å². The molecule has 0 aromatic carbocycles. The van der Waals surface area contributed by atoms with E-state index in [1.54, 1.807) is 6.20 Å². The number of nitrogens with zero attached hydrogens (tertiary/aromatic N) is 2. The Morgan fingerprint density at radius 3 is 2.62 bits per heavy atom. The highest BCUT2D eigenvalue weighted by Crippen LogP contribution is 2.27. The third-order valence-electron chi connectivity index (χ3n) is 4.42. The summed E-state index contributed by atoms with van der Waals surface area (Å²) < 4.78 is 0. The van der Waals surface area contributed by atoms with Crippen molar-refractivity contribution in [3.05, 3.63) is 24.0 Å². The number of aromatic nitrogens is 1. The smallest absolute Gasteiger partial charge is 0.272 e. The number of hydrogen-bond donors (Lipinski definition) is 1. The number of hydrogen-bond acceptors (Lipinski definition) is 3. The minimum atomic E-state index is 0.0385. The standard InChI is InChI=1S/C17H27N3O/c1-4-11-18-14-7-10-16(19-12-14)17(21)20(3)15-8-5-13(2)6-9-15/h7,10,12-13,15,18H,4-6,8-9,11H2,1-3H3. The molecule has 4 nitrogen and oxygen atoms in total. The van der Waals surface area contributed by atoms with Crippen LogP contribution < -0.4 is 5.32 Å². The minimum Gasteiger partial charge on any atom is -0.384 e. The molecule has 2 rings (SSSR count). The second-order valence-corrected chi connectivity index (χ2v) is 6.19. The highest BCUT2D eigenvalue weighted by Gasteiger charge is 2.25. The van der Waals surface area contributed by atoms with Gasteiger partial charge >= 0.3 is 0 Å².